The molecule has 0 bridgehead atoms. The second-order valence-electron chi connectivity index (χ2n) is 4.63. The minimum Gasteiger partial charge on any atom is -0.299 e. The Kier molecular flexibility index (Phi) is 3.98. The van der Waals surface area contributed by atoms with E-state index in [1.165, 1.54) is 5.56 Å². The fourth-order valence-corrected chi connectivity index (χ4v) is 2.04. The molecular weight excluding hydrogens is 219 g/mol. The quantitative estimate of drug-likeness (QED) is 0.740. The van der Waals surface area contributed by atoms with Gasteiger partial charge in [0.2, 0.25) is 0 Å². The van der Waals surface area contributed by atoms with E-state index in [-0.39, 0.29) is 5.78 Å². The Morgan fingerprint density at radius 2 is 1.61 bits per heavy atom. The molecule has 0 aromatic heterocycles. The lowest BCUT2D eigenvalue weighted by molar-refractivity contribution is -0.117. The molecule has 0 aliphatic carbocycles. The van der Waals surface area contributed by atoms with Gasteiger partial charge in [0.1, 0.15) is 13.6 Å². The monoisotopic (exact) mass is 234 g/mol. The van der Waals surface area contributed by atoms with Crippen molar-refractivity contribution in [2.75, 3.05) is 0 Å². The summed E-state index contributed by atoms with van der Waals surface area (Å²) in [4.78, 5) is 12.0. The van der Waals surface area contributed by atoms with Crippen molar-refractivity contribution in [3.8, 4) is 0 Å². The first kappa shape index (κ1) is 12.6. The number of carbonyl (C=O) groups is 1. The van der Waals surface area contributed by atoms with Crippen LogP contribution >= 0.6 is 0 Å². The van der Waals surface area contributed by atoms with Gasteiger partial charge in [-0.2, -0.15) is 0 Å². The van der Waals surface area contributed by atoms with Gasteiger partial charge < -0.3 is 0 Å². The van der Waals surface area contributed by atoms with Gasteiger partial charge in [-0.25, -0.2) is 0 Å². The third-order valence-electron chi connectivity index (χ3n) is 2.84. The van der Waals surface area contributed by atoms with Crippen molar-refractivity contribution in [2.45, 2.75) is 19.8 Å². The summed E-state index contributed by atoms with van der Waals surface area (Å²) in [6, 6.07) is 15.6. The SMILES string of the molecule is [B]c1cccc(CC(=O)Cc2cccc(C)c2)c1. The Morgan fingerprint density at radius 1 is 1.00 bits per heavy atom. The van der Waals surface area contributed by atoms with Gasteiger partial charge in [0.25, 0.3) is 0 Å². The number of benzene rings is 2. The van der Waals surface area contributed by atoms with Gasteiger partial charge in [-0.15, -0.1) is 0 Å². The average Bonchev–Trinajstić information content (AvgIpc) is 2.28. The first-order valence-corrected chi connectivity index (χ1v) is 6.05. The van der Waals surface area contributed by atoms with Crippen LogP contribution in [0.1, 0.15) is 16.7 Å². The van der Waals surface area contributed by atoms with Crippen LogP contribution in [0.2, 0.25) is 0 Å². The van der Waals surface area contributed by atoms with Gasteiger partial charge >= 0.3 is 0 Å². The predicted molar refractivity (Wildman–Crippen MR) is 75.4 cm³/mol. The highest BCUT2D eigenvalue weighted by Crippen LogP contribution is 2.07. The number of rotatable bonds is 4. The van der Waals surface area contributed by atoms with E-state index < -0.39 is 0 Å². The lowest BCUT2D eigenvalue weighted by Gasteiger charge is -2.04. The zero-order chi connectivity index (χ0) is 13.0. The van der Waals surface area contributed by atoms with Crippen LogP contribution in [-0.2, 0) is 17.6 Å². The molecule has 0 N–H and O–H groups in total. The summed E-state index contributed by atoms with van der Waals surface area (Å²) in [6.45, 7) is 2.03. The van der Waals surface area contributed by atoms with E-state index in [1.807, 2.05) is 49.4 Å². The maximum Gasteiger partial charge on any atom is 0.141 e. The van der Waals surface area contributed by atoms with Crippen molar-refractivity contribution in [3.05, 3.63) is 65.2 Å². The molecule has 0 heterocycles. The van der Waals surface area contributed by atoms with Crippen molar-refractivity contribution in [2.24, 2.45) is 0 Å². The standard InChI is InChI=1S/C16H15BO/c1-12-4-2-5-13(8-12)10-16(18)11-14-6-3-7-15(17)9-14/h2-9H,10-11H2,1H3. The molecule has 0 aliphatic rings. The summed E-state index contributed by atoms with van der Waals surface area (Å²) < 4.78 is 0. The maximum absolute atomic E-state index is 12.0. The molecule has 1 nitrogen and oxygen atoms in total. The molecule has 0 amide bonds. The molecule has 0 spiro atoms. The Hall–Kier alpha value is -1.83. The molecule has 2 aromatic carbocycles. The summed E-state index contributed by atoms with van der Waals surface area (Å²) in [5.74, 6) is 0.214. The second kappa shape index (κ2) is 5.68. The minimum absolute atomic E-state index is 0.214. The van der Waals surface area contributed by atoms with Crippen LogP contribution in [0.15, 0.2) is 48.5 Å². The molecular formula is C16H15BO. The average molecular weight is 234 g/mol. The van der Waals surface area contributed by atoms with Gasteiger partial charge in [0, 0.05) is 12.8 Å². The molecule has 2 heteroatoms. The van der Waals surface area contributed by atoms with Gasteiger partial charge in [0.05, 0.1) is 0 Å². The van der Waals surface area contributed by atoms with Gasteiger partial charge in [0.15, 0.2) is 0 Å². The van der Waals surface area contributed by atoms with Gasteiger partial charge in [-0.1, -0.05) is 59.6 Å². The van der Waals surface area contributed by atoms with E-state index in [1.54, 1.807) is 0 Å². The highest BCUT2D eigenvalue weighted by molar-refractivity contribution is 6.32. The lowest BCUT2D eigenvalue weighted by Crippen LogP contribution is -2.09. The molecule has 2 aromatic rings. The number of carbonyl (C=O) groups excluding carboxylic acids is 1. The van der Waals surface area contributed by atoms with E-state index in [4.69, 9.17) is 7.85 Å². The number of Topliss-reactive ketones (excluding diaryl/α,β-unsaturated/α-hetero) is 1. The van der Waals surface area contributed by atoms with Crippen LogP contribution in [0.3, 0.4) is 0 Å². The number of hydrogen-bond acceptors (Lipinski definition) is 1. The van der Waals surface area contributed by atoms with E-state index in [9.17, 15) is 4.79 Å². The van der Waals surface area contributed by atoms with E-state index in [0.717, 1.165) is 11.1 Å². The Balaban J connectivity index is 2.01. The molecule has 88 valence electrons. The predicted octanol–water partition coefficient (Wildman–Crippen LogP) is 2.14. The Bertz CT molecular complexity index is 511. The van der Waals surface area contributed by atoms with Crippen LogP contribution in [0.25, 0.3) is 0 Å². The van der Waals surface area contributed by atoms with E-state index in [0.29, 0.717) is 18.3 Å². The third-order valence-corrected chi connectivity index (χ3v) is 2.84. The van der Waals surface area contributed by atoms with E-state index >= 15 is 0 Å². The smallest absolute Gasteiger partial charge is 0.141 e. The highest BCUT2D eigenvalue weighted by Gasteiger charge is 2.05. The zero-order valence-corrected chi connectivity index (χ0v) is 10.5. The molecule has 18 heavy (non-hydrogen) atoms. The zero-order valence-electron chi connectivity index (χ0n) is 10.5. The van der Waals surface area contributed by atoms with Crippen molar-refractivity contribution in [3.63, 3.8) is 0 Å². The fourth-order valence-electron chi connectivity index (χ4n) is 2.04. The summed E-state index contributed by atoms with van der Waals surface area (Å²) in [5.41, 5.74) is 3.94. The maximum atomic E-state index is 12.0. The normalized spacial score (nSPS) is 10.3. The first-order chi connectivity index (χ1) is 8.63. The van der Waals surface area contributed by atoms with Crippen LogP contribution in [0, 0.1) is 6.92 Å². The lowest BCUT2D eigenvalue weighted by atomic mass is 9.92. The summed E-state index contributed by atoms with van der Waals surface area (Å²) in [6.07, 6.45) is 0.926. The molecule has 0 aliphatic heterocycles. The summed E-state index contributed by atoms with van der Waals surface area (Å²) in [7, 11) is 5.70. The number of aryl methyl sites for hydroxylation is 1. The molecule has 0 unspecified atom stereocenters. The fraction of sp³-hybridized carbons (Fsp3) is 0.188. The largest absolute Gasteiger partial charge is 0.299 e. The third kappa shape index (κ3) is 3.59. The van der Waals surface area contributed by atoms with Crippen LogP contribution < -0.4 is 5.46 Å². The van der Waals surface area contributed by atoms with Gasteiger partial charge in [-0.3, -0.25) is 4.79 Å². The minimum atomic E-state index is 0.214. The molecule has 2 rings (SSSR count). The topological polar surface area (TPSA) is 17.1 Å². The molecule has 0 saturated heterocycles. The van der Waals surface area contributed by atoms with Gasteiger partial charge in [-0.05, 0) is 18.1 Å². The second-order valence-corrected chi connectivity index (χ2v) is 4.63. The molecule has 0 fully saturated rings. The highest BCUT2D eigenvalue weighted by atomic mass is 16.1. The molecule has 2 radical (unpaired) electrons. The first-order valence-electron chi connectivity index (χ1n) is 6.05. The van der Waals surface area contributed by atoms with Crippen LogP contribution in [0.5, 0.6) is 0 Å². The van der Waals surface area contributed by atoms with Crippen LogP contribution in [0.4, 0.5) is 0 Å². The summed E-state index contributed by atoms with van der Waals surface area (Å²) in [5, 5.41) is 0. The van der Waals surface area contributed by atoms with Crippen molar-refractivity contribution < 1.29 is 4.79 Å². The summed E-state index contributed by atoms with van der Waals surface area (Å²) >= 11 is 0. The van der Waals surface area contributed by atoms with Crippen LogP contribution in [-0.4, -0.2) is 13.6 Å². The Labute approximate surface area is 109 Å². The molecule has 0 saturated carbocycles. The van der Waals surface area contributed by atoms with E-state index in [2.05, 4.69) is 6.07 Å². The van der Waals surface area contributed by atoms with Crippen molar-refractivity contribution >= 4 is 19.1 Å². The van der Waals surface area contributed by atoms with Crippen molar-refractivity contribution in [1.82, 2.24) is 0 Å². The number of ketones is 1. The van der Waals surface area contributed by atoms with Crippen molar-refractivity contribution in [1.29, 1.82) is 0 Å². The molecule has 0 atom stereocenters. The number of hydrogen-bond donors (Lipinski definition) is 0. The Morgan fingerprint density at radius 3 is 2.22 bits per heavy atom.